The van der Waals surface area contributed by atoms with E-state index in [1.165, 1.54) is 6.07 Å². The third kappa shape index (κ3) is 2.82. The first-order chi connectivity index (χ1) is 12.0. The summed E-state index contributed by atoms with van der Waals surface area (Å²) in [5.41, 5.74) is 8.34. The fourth-order valence-corrected chi connectivity index (χ4v) is 3.90. The molecule has 0 spiro atoms. The number of anilines is 1. The van der Waals surface area contributed by atoms with E-state index >= 15 is 0 Å². The van der Waals surface area contributed by atoms with Crippen LogP contribution in [0.5, 0.6) is 0 Å². The van der Waals surface area contributed by atoms with Crippen LogP contribution < -0.4 is 5.73 Å². The number of nitrogens with two attached hydrogens (primary N) is 1. The second-order valence-electron chi connectivity index (χ2n) is 5.49. The monoisotopic (exact) mass is 387 g/mol. The lowest BCUT2D eigenvalue weighted by molar-refractivity contribution is 0.101. The molecule has 2 aromatic heterocycles. The second kappa shape index (κ2) is 6.23. The Kier molecular flexibility index (Phi) is 4.04. The van der Waals surface area contributed by atoms with Crippen molar-refractivity contribution in [2.45, 2.75) is 0 Å². The highest BCUT2D eigenvalue weighted by molar-refractivity contribution is 7.13. The zero-order valence-electron chi connectivity index (χ0n) is 12.8. The van der Waals surface area contributed by atoms with Crippen LogP contribution >= 0.6 is 34.5 Å². The van der Waals surface area contributed by atoms with Crippen LogP contribution in [0.25, 0.3) is 21.4 Å². The van der Waals surface area contributed by atoms with Gasteiger partial charge in [-0.1, -0.05) is 35.3 Å². The van der Waals surface area contributed by atoms with E-state index in [1.54, 1.807) is 23.5 Å². The average molecular weight is 388 g/mol. The molecular formula is C19H11Cl2NO2S. The fraction of sp³-hybridized carbons (Fsp3) is 0. The number of thiophene rings is 1. The van der Waals surface area contributed by atoms with Gasteiger partial charge in [-0.05, 0) is 47.3 Å². The van der Waals surface area contributed by atoms with Gasteiger partial charge < -0.3 is 10.2 Å². The highest BCUT2D eigenvalue weighted by Gasteiger charge is 2.22. The molecule has 124 valence electrons. The molecule has 0 aliphatic heterocycles. The van der Waals surface area contributed by atoms with Crippen molar-refractivity contribution in [1.82, 2.24) is 0 Å². The number of rotatable bonds is 3. The molecule has 0 atom stereocenters. The van der Waals surface area contributed by atoms with E-state index in [0.717, 1.165) is 10.4 Å². The molecule has 4 aromatic rings. The van der Waals surface area contributed by atoms with E-state index in [1.807, 2.05) is 35.7 Å². The third-order valence-electron chi connectivity index (χ3n) is 3.92. The predicted molar refractivity (Wildman–Crippen MR) is 104 cm³/mol. The number of nitrogen functional groups attached to an aromatic ring is 1. The van der Waals surface area contributed by atoms with Crippen molar-refractivity contribution in [3.8, 4) is 10.4 Å². The zero-order chi connectivity index (χ0) is 17.6. The van der Waals surface area contributed by atoms with E-state index in [4.69, 9.17) is 33.4 Å². The van der Waals surface area contributed by atoms with Crippen LogP contribution in [0, 0.1) is 0 Å². The van der Waals surface area contributed by atoms with Gasteiger partial charge in [0.15, 0.2) is 5.76 Å². The van der Waals surface area contributed by atoms with Crippen LogP contribution in [-0.4, -0.2) is 5.78 Å². The first-order valence-electron chi connectivity index (χ1n) is 7.40. The Labute approximate surface area is 157 Å². The molecule has 0 bridgehead atoms. The molecule has 0 saturated carbocycles. The maximum atomic E-state index is 12.8. The lowest BCUT2D eigenvalue weighted by Gasteiger charge is -2.02. The SMILES string of the molecule is Nc1c(C(=O)c2ccc(Cl)cc2Cl)oc2cc(-c3cccs3)ccc12. The number of benzene rings is 2. The normalized spacial score (nSPS) is 11.1. The highest BCUT2D eigenvalue weighted by atomic mass is 35.5. The summed E-state index contributed by atoms with van der Waals surface area (Å²) in [5, 5.41) is 3.43. The number of hydrogen-bond donors (Lipinski definition) is 1. The van der Waals surface area contributed by atoms with Gasteiger partial charge >= 0.3 is 0 Å². The Hall–Kier alpha value is -2.27. The summed E-state index contributed by atoms with van der Waals surface area (Å²) in [6.07, 6.45) is 0. The predicted octanol–water partition coefficient (Wildman–Crippen LogP) is 6.28. The first kappa shape index (κ1) is 16.2. The van der Waals surface area contributed by atoms with Gasteiger partial charge in [0.1, 0.15) is 5.58 Å². The summed E-state index contributed by atoms with van der Waals surface area (Å²) in [5.74, 6) is -0.282. The van der Waals surface area contributed by atoms with Crippen molar-refractivity contribution in [2.75, 3.05) is 5.73 Å². The summed E-state index contributed by atoms with van der Waals surface area (Å²) >= 11 is 13.7. The van der Waals surface area contributed by atoms with Gasteiger partial charge in [0.05, 0.1) is 10.7 Å². The summed E-state index contributed by atoms with van der Waals surface area (Å²) in [4.78, 5) is 13.9. The van der Waals surface area contributed by atoms with E-state index in [9.17, 15) is 4.79 Å². The van der Waals surface area contributed by atoms with Crippen LogP contribution in [0.1, 0.15) is 16.1 Å². The number of fused-ring (bicyclic) bond motifs is 1. The number of carbonyl (C=O) groups is 1. The number of halogens is 2. The summed E-state index contributed by atoms with van der Waals surface area (Å²) < 4.78 is 5.78. The van der Waals surface area contributed by atoms with Crippen LogP contribution in [-0.2, 0) is 0 Å². The molecular weight excluding hydrogens is 377 g/mol. The van der Waals surface area contributed by atoms with Gasteiger partial charge in [0, 0.05) is 20.8 Å². The topological polar surface area (TPSA) is 56.2 Å². The number of carbonyl (C=O) groups excluding carboxylic acids is 1. The third-order valence-corrected chi connectivity index (χ3v) is 5.38. The fourth-order valence-electron chi connectivity index (χ4n) is 2.68. The Morgan fingerprint density at radius 3 is 2.64 bits per heavy atom. The van der Waals surface area contributed by atoms with Crippen LogP contribution in [0.15, 0.2) is 58.3 Å². The van der Waals surface area contributed by atoms with E-state index in [2.05, 4.69) is 0 Å². The summed E-state index contributed by atoms with van der Waals surface area (Å²) in [6.45, 7) is 0. The van der Waals surface area contributed by atoms with E-state index in [0.29, 0.717) is 27.2 Å². The van der Waals surface area contributed by atoms with Crippen LogP contribution in [0.3, 0.4) is 0 Å². The smallest absolute Gasteiger partial charge is 0.231 e. The minimum Gasteiger partial charge on any atom is -0.450 e. The molecule has 3 nitrogen and oxygen atoms in total. The molecule has 2 aromatic carbocycles. The van der Waals surface area contributed by atoms with Crippen LogP contribution in [0.2, 0.25) is 10.0 Å². The van der Waals surface area contributed by atoms with Crippen molar-refractivity contribution in [2.24, 2.45) is 0 Å². The van der Waals surface area contributed by atoms with Gasteiger partial charge in [-0.2, -0.15) is 0 Å². The standard InChI is InChI=1S/C19H11Cl2NO2S/c20-11-4-6-12(14(21)9-11)18(23)19-17(22)13-5-3-10(8-15(13)24-19)16-2-1-7-25-16/h1-9H,22H2. The maximum absolute atomic E-state index is 12.8. The average Bonchev–Trinajstić information content (AvgIpc) is 3.22. The Morgan fingerprint density at radius 1 is 1.08 bits per heavy atom. The van der Waals surface area contributed by atoms with Gasteiger partial charge in [-0.15, -0.1) is 11.3 Å². The minimum atomic E-state index is -0.368. The Bertz CT molecular complexity index is 1100. The molecule has 25 heavy (non-hydrogen) atoms. The van der Waals surface area contributed by atoms with Gasteiger partial charge in [-0.25, -0.2) is 0 Å². The van der Waals surface area contributed by atoms with Crippen molar-refractivity contribution in [3.63, 3.8) is 0 Å². The van der Waals surface area contributed by atoms with Gasteiger partial charge in [-0.3, -0.25) is 4.79 Å². The number of hydrogen-bond acceptors (Lipinski definition) is 4. The quantitative estimate of drug-likeness (QED) is 0.420. The molecule has 0 fully saturated rings. The second-order valence-corrected chi connectivity index (χ2v) is 7.28. The Morgan fingerprint density at radius 2 is 1.92 bits per heavy atom. The maximum Gasteiger partial charge on any atom is 0.231 e. The van der Waals surface area contributed by atoms with E-state index in [-0.39, 0.29) is 16.6 Å². The van der Waals surface area contributed by atoms with Crippen molar-refractivity contribution >= 4 is 57.0 Å². The lowest BCUT2D eigenvalue weighted by atomic mass is 10.1. The molecule has 0 amide bonds. The number of ketones is 1. The summed E-state index contributed by atoms with van der Waals surface area (Å²) in [6, 6.07) is 14.4. The largest absolute Gasteiger partial charge is 0.450 e. The first-order valence-corrected chi connectivity index (χ1v) is 9.04. The van der Waals surface area contributed by atoms with Crippen molar-refractivity contribution < 1.29 is 9.21 Å². The Balaban J connectivity index is 1.82. The highest BCUT2D eigenvalue weighted by Crippen LogP contribution is 2.35. The molecule has 4 rings (SSSR count). The molecule has 2 N–H and O–H groups in total. The molecule has 2 heterocycles. The van der Waals surface area contributed by atoms with Gasteiger partial charge in [0.25, 0.3) is 0 Å². The molecule has 0 radical (unpaired) electrons. The molecule has 0 saturated heterocycles. The lowest BCUT2D eigenvalue weighted by Crippen LogP contribution is -2.03. The molecule has 0 aliphatic carbocycles. The van der Waals surface area contributed by atoms with Crippen LogP contribution in [0.4, 0.5) is 5.69 Å². The number of furan rings is 1. The van der Waals surface area contributed by atoms with Crippen molar-refractivity contribution in [1.29, 1.82) is 0 Å². The van der Waals surface area contributed by atoms with Crippen molar-refractivity contribution in [3.05, 3.63) is 75.3 Å². The van der Waals surface area contributed by atoms with E-state index < -0.39 is 0 Å². The van der Waals surface area contributed by atoms with Gasteiger partial charge in [0.2, 0.25) is 5.78 Å². The molecule has 0 aliphatic rings. The minimum absolute atomic E-state index is 0.0857. The molecule has 6 heteroatoms. The molecule has 0 unspecified atom stereocenters. The zero-order valence-corrected chi connectivity index (χ0v) is 15.1. The summed E-state index contributed by atoms with van der Waals surface area (Å²) in [7, 11) is 0.